The lowest BCUT2D eigenvalue weighted by atomic mass is 10.1. The summed E-state index contributed by atoms with van der Waals surface area (Å²) in [5, 5.41) is 14.0. The van der Waals surface area contributed by atoms with Crippen LogP contribution in [0.1, 0.15) is 52.6 Å². The number of fused-ring (bicyclic) bond motifs is 1. The fraction of sp³-hybridized carbons (Fsp3) is 0.227. The van der Waals surface area contributed by atoms with Gasteiger partial charge in [-0.05, 0) is 30.7 Å². The summed E-state index contributed by atoms with van der Waals surface area (Å²) in [7, 11) is 0. The highest BCUT2D eigenvalue weighted by Gasteiger charge is 2.17. The van der Waals surface area contributed by atoms with Crippen molar-refractivity contribution in [3.63, 3.8) is 0 Å². The minimum absolute atomic E-state index is 0.0489. The third kappa shape index (κ3) is 4.52. The number of hydrogen-bond donors (Lipinski definition) is 2. The minimum Gasteiger partial charge on any atom is -0.267 e. The van der Waals surface area contributed by atoms with Crippen molar-refractivity contribution < 1.29 is 9.59 Å². The Morgan fingerprint density at radius 3 is 2.50 bits per heavy atom. The number of aryl methyl sites for hydroxylation is 1. The first-order valence-electron chi connectivity index (χ1n) is 9.66. The Hall–Kier alpha value is -3.99. The first-order valence-corrected chi connectivity index (χ1v) is 9.66. The number of rotatable bonds is 6. The Kier molecular flexibility index (Phi) is 6.55. The van der Waals surface area contributed by atoms with Gasteiger partial charge in [0.1, 0.15) is 0 Å². The summed E-state index contributed by atoms with van der Waals surface area (Å²) < 4.78 is 1.30. The number of carbonyl (C=O) groups is 2. The SMILES string of the molecule is CCCCCn1nc(C(=O)NNC(=O)c2cccc(C#N)c2)c2ccccc2c1=O. The summed E-state index contributed by atoms with van der Waals surface area (Å²) in [5.41, 5.74) is 5.03. The van der Waals surface area contributed by atoms with E-state index in [-0.39, 0.29) is 16.8 Å². The second-order valence-electron chi connectivity index (χ2n) is 6.73. The number of hydrazine groups is 1. The Labute approximate surface area is 173 Å². The highest BCUT2D eigenvalue weighted by atomic mass is 16.2. The number of nitrogens with one attached hydrogen (secondary N) is 2. The lowest BCUT2D eigenvalue weighted by Crippen LogP contribution is -2.42. The molecule has 152 valence electrons. The van der Waals surface area contributed by atoms with Gasteiger partial charge in [-0.1, -0.05) is 44.0 Å². The molecule has 2 amide bonds. The van der Waals surface area contributed by atoms with E-state index in [4.69, 9.17) is 5.26 Å². The van der Waals surface area contributed by atoms with E-state index in [2.05, 4.69) is 22.9 Å². The second kappa shape index (κ2) is 9.47. The van der Waals surface area contributed by atoms with Crippen LogP contribution in [0.5, 0.6) is 0 Å². The number of benzene rings is 2. The van der Waals surface area contributed by atoms with Crippen LogP contribution < -0.4 is 16.4 Å². The van der Waals surface area contributed by atoms with Crippen LogP contribution >= 0.6 is 0 Å². The molecule has 3 aromatic rings. The van der Waals surface area contributed by atoms with E-state index in [0.29, 0.717) is 22.9 Å². The molecular formula is C22H21N5O3. The number of aromatic nitrogens is 2. The molecule has 2 N–H and O–H groups in total. The molecule has 0 unspecified atom stereocenters. The monoisotopic (exact) mass is 403 g/mol. The minimum atomic E-state index is -0.639. The molecule has 8 heteroatoms. The van der Waals surface area contributed by atoms with E-state index in [9.17, 15) is 14.4 Å². The maximum Gasteiger partial charge on any atom is 0.290 e. The van der Waals surface area contributed by atoms with Crippen LogP contribution in [0.3, 0.4) is 0 Å². The molecule has 0 radical (unpaired) electrons. The van der Waals surface area contributed by atoms with Gasteiger partial charge in [-0.25, -0.2) is 4.68 Å². The summed E-state index contributed by atoms with van der Waals surface area (Å²) in [6.07, 6.45) is 2.71. The molecule has 0 atom stereocenters. The van der Waals surface area contributed by atoms with Gasteiger partial charge in [-0.2, -0.15) is 10.4 Å². The van der Waals surface area contributed by atoms with Crippen molar-refractivity contribution in [2.75, 3.05) is 0 Å². The van der Waals surface area contributed by atoms with E-state index in [1.165, 1.54) is 16.8 Å². The summed E-state index contributed by atoms with van der Waals surface area (Å²) in [5.74, 6) is -1.21. The van der Waals surface area contributed by atoms with Crippen LogP contribution in [-0.2, 0) is 6.54 Å². The maximum atomic E-state index is 12.8. The van der Waals surface area contributed by atoms with Gasteiger partial charge in [0.25, 0.3) is 17.4 Å². The summed E-state index contributed by atoms with van der Waals surface area (Å²) in [6, 6.07) is 14.8. The van der Waals surface area contributed by atoms with Crippen LogP contribution in [0.25, 0.3) is 10.8 Å². The Morgan fingerprint density at radius 1 is 1.03 bits per heavy atom. The van der Waals surface area contributed by atoms with Gasteiger partial charge < -0.3 is 0 Å². The topological polar surface area (TPSA) is 117 Å². The number of carbonyl (C=O) groups excluding carboxylic acids is 2. The van der Waals surface area contributed by atoms with Crippen molar-refractivity contribution in [3.05, 3.63) is 75.7 Å². The molecule has 30 heavy (non-hydrogen) atoms. The first kappa shape index (κ1) is 20.7. The predicted octanol–water partition coefficient (Wildman–Crippen LogP) is 2.53. The van der Waals surface area contributed by atoms with Gasteiger partial charge in [0.15, 0.2) is 5.69 Å². The van der Waals surface area contributed by atoms with Gasteiger partial charge in [-0.3, -0.25) is 25.2 Å². The smallest absolute Gasteiger partial charge is 0.267 e. The summed E-state index contributed by atoms with van der Waals surface area (Å²) in [4.78, 5) is 37.7. The highest BCUT2D eigenvalue weighted by molar-refractivity contribution is 6.06. The molecule has 0 aliphatic rings. The van der Waals surface area contributed by atoms with Gasteiger partial charge >= 0.3 is 0 Å². The number of nitrogens with zero attached hydrogens (tertiary/aromatic N) is 3. The van der Waals surface area contributed by atoms with Crippen molar-refractivity contribution in [1.82, 2.24) is 20.6 Å². The van der Waals surface area contributed by atoms with E-state index in [0.717, 1.165) is 19.3 Å². The Bertz CT molecular complexity index is 1190. The van der Waals surface area contributed by atoms with Crippen LogP contribution in [0.2, 0.25) is 0 Å². The van der Waals surface area contributed by atoms with Crippen LogP contribution in [0.4, 0.5) is 0 Å². The molecule has 3 rings (SSSR count). The zero-order valence-corrected chi connectivity index (χ0v) is 16.5. The average Bonchev–Trinajstić information content (AvgIpc) is 2.79. The Balaban J connectivity index is 1.85. The van der Waals surface area contributed by atoms with Crippen molar-refractivity contribution in [3.8, 4) is 6.07 Å². The van der Waals surface area contributed by atoms with E-state index in [1.807, 2.05) is 6.07 Å². The number of unbranched alkanes of at least 4 members (excludes halogenated alkanes) is 2. The lowest BCUT2D eigenvalue weighted by Gasteiger charge is -2.12. The van der Waals surface area contributed by atoms with Crippen LogP contribution in [0, 0.1) is 11.3 Å². The van der Waals surface area contributed by atoms with E-state index >= 15 is 0 Å². The van der Waals surface area contributed by atoms with Crippen LogP contribution in [-0.4, -0.2) is 21.6 Å². The van der Waals surface area contributed by atoms with Crippen molar-refractivity contribution in [1.29, 1.82) is 5.26 Å². The van der Waals surface area contributed by atoms with Gasteiger partial charge in [0.05, 0.1) is 17.0 Å². The molecule has 8 nitrogen and oxygen atoms in total. The number of nitriles is 1. The molecule has 1 heterocycles. The molecule has 0 saturated carbocycles. The van der Waals surface area contributed by atoms with E-state index in [1.54, 1.807) is 36.4 Å². The fourth-order valence-electron chi connectivity index (χ4n) is 3.04. The van der Waals surface area contributed by atoms with Gasteiger partial charge in [0, 0.05) is 17.5 Å². The summed E-state index contributed by atoms with van der Waals surface area (Å²) >= 11 is 0. The molecule has 1 aromatic heterocycles. The third-order valence-corrected chi connectivity index (χ3v) is 4.60. The maximum absolute atomic E-state index is 12.8. The molecule has 0 aliphatic heterocycles. The summed E-state index contributed by atoms with van der Waals surface area (Å²) in [6.45, 7) is 2.47. The van der Waals surface area contributed by atoms with E-state index < -0.39 is 11.8 Å². The molecule has 0 fully saturated rings. The third-order valence-electron chi connectivity index (χ3n) is 4.60. The second-order valence-corrected chi connectivity index (χ2v) is 6.73. The number of amides is 2. The molecule has 2 aromatic carbocycles. The zero-order valence-electron chi connectivity index (χ0n) is 16.5. The van der Waals surface area contributed by atoms with Crippen molar-refractivity contribution >= 4 is 22.6 Å². The molecule has 0 bridgehead atoms. The number of hydrogen-bond acceptors (Lipinski definition) is 5. The normalized spacial score (nSPS) is 10.4. The Morgan fingerprint density at radius 2 is 1.77 bits per heavy atom. The standard InChI is InChI=1S/C22H21N5O3/c1-2-3-6-12-27-22(30)18-11-5-4-10-17(18)19(26-27)21(29)25-24-20(28)16-9-7-8-15(13-16)14-23/h4-5,7-11,13H,2-3,6,12H2,1H3,(H,24,28)(H,25,29). The largest absolute Gasteiger partial charge is 0.290 e. The van der Waals surface area contributed by atoms with Gasteiger partial charge in [0.2, 0.25) is 0 Å². The zero-order chi connectivity index (χ0) is 21.5. The fourth-order valence-corrected chi connectivity index (χ4v) is 3.04. The molecular weight excluding hydrogens is 382 g/mol. The van der Waals surface area contributed by atoms with Crippen LogP contribution in [0.15, 0.2) is 53.3 Å². The van der Waals surface area contributed by atoms with Gasteiger partial charge in [-0.15, -0.1) is 0 Å². The predicted molar refractivity (Wildman–Crippen MR) is 112 cm³/mol. The van der Waals surface area contributed by atoms with Crippen molar-refractivity contribution in [2.24, 2.45) is 0 Å². The molecule has 0 spiro atoms. The molecule has 0 aliphatic carbocycles. The lowest BCUT2D eigenvalue weighted by molar-refractivity contribution is 0.0843. The van der Waals surface area contributed by atoms with Crippen molar-refractivity contribution in [2.45, 2.75) is 32.7 Å². The highest BCUT2D eigenvalue weighted by Crippen LogP contribution is 2.13. The quantitative estimate of drug-likeness (QED) is 0.484. The molecule has 0 saturated heterocycles. The first-order chi connectivity index (χ1) is 14.5. The average molecular weight is 403 g/mol.